The molecule has 0 atom stereocenters. The van der Waals surface area contributed by atoms with Crippen LogP contribution in [-0.4, -0.2) is 61.2 Å². The summed E-state index contributed by atoms with van der Waals surface area (Å²) in [5, 5.41) is 3.93. The zero-order valence-corrected chi connectivity index (χ0v) is 19.1. The second-order valence-corrected chi connectivity index (χ2v) is 8.89. The molecule has 164 valence electrons. The van der Waals surface area contributed by atoms with Crippen molar-refractivity contribution in [2.75, 3.05) is 56.6 Å². The standard InChI is InChI=1S/C23H34ClN5O/c1-18(2)15-29-11-8-19(9-12-29)16-28(3)23-14-22(26-17-27-23)25-10-13-30-21-7-5-4-6-20(21)24/h4-7,14,17-19H,8-13,15-16H2,1-3H3,(H,25,26,27). The molecule has 0 spiro atoms. The van der Waals surface area contributed by atoms with Gasteiger partial charge in [-0.2, -0.15) is 0 Å². The fourth-order valence-corrected chi connectivity index (χ4v) is 4.09. The van der Waals surface area contributed by atoms with Gasteiger partial charge in [-0.15, -0.1) is 0 Å². The maximum atomic E-state index is 6.11. The summed E-state index contributed by atoms with van der Waals surface area (Å²) in [6, 6.07) is 9.50. The molecule has 0 amide bonds. The average Bonchev–Trinajstić information content (AvgIpc) is 2.73. The minimum absolute atomic E-state index is 0.508. The van der Waals surface area contributed by atoms with Crippen molar-refractivity contribution >= 4 is 23.2 Å². The molecule has 1 aliphatic heterocycles. The van der Waals surface area contributed by atoms with Crippen LogP contribution in [0.4, 0.5) is 11.6 Å². The molecule has 0 aliphatic carbocycles. The molecule has 1 fully saturated rings. The van der Waals surface area contributed by atoms with Gasteiger partial charge in [0.2, 0.25) is 0 Å². The fraction of sp³-hybridized carbons (Fsp3) is 0.565. The summed E-state index contributed by atoms with van der Waals surface area (Å²) in [7, 11) is 2.12. The molecule has 2 aromatic rings. The molecule has 0 bridgehead atoms. The average molecular weight is 432 g/mol. The van der Waals surface area contributed by atoms with Crippen LogP contribution in [0.2, 0.25) is 5.02 Å². The Morgan fingerprint density at radius 2 is 2.00 bits per heavy atom. The molecule has 2 heterocycles. The summed E-state index contributed by atoms with van der Waals surface area (Å²) in [6.45, 7) is 10.4. The first-order valence-corrected chi connectivity index (χ1v) is 11.3. The monoisotopic (exact) mass is 431 g/mol. The van der Waals surface area contributed by atoms with Crippen LogP contribution in [0.5, 0.6) is 5.75 Å². The number of ether oxygens (including phenoxy) is 1. The number of halogens is 1. The fourth-order valence-electron chi connectivity index (χ4n) is 3.90. The zero-order chi connectivity index (χ0) is 21.3. The zero-order valence-electron chi connectivity index (χ0n) is 18.4. The first kappa shape index (κ1) is 22.6. The van der Waals surface area contributed by atoms with Crippen molar-refractivity contribution in [1.29, 1.82) is 0 Å². The SMILES string of the molecule is CC(C)CN1CCC(CN(C)c2cc(NCCOc3ccccc3Cl)ncn2)CC1. The number of rotatable bonds is 10. The second kappa shape index (κ2) is 11.4. The number of nitrogens with zero attached hydrogens (tertiary/aromatic N) is 4. The third kappa shape index (κ3) is 7.03. The summed E-state index contributed by atoms with van der Waals surface area (Å²) >= 11 is 6.11. The molecule has 30 heavy (non-hydrogen) atoms. The Morgan fingerprint density at radius 1 is 1.23 bits per heavy atom. The largest absolute Gasteiger partial charge is 0.490 e. The van der Waals surface area contributed by atoms with Gasteiger partial charge in [-0.05, 0) is 49.9 Å². The lowest BCUT2D eigenvalue weighted by Gasteiger charge is -2.34. The first-order chi connectivity index (χ1) is 14.5. The quantitative estimate of drug-likeness (QED) is 0.562. The van der Waals surface area contributed by atoms with E-state index in [0.29, 0.717) is 29.8 Å². The van der Waals surface area contributed by atoms with E-state index in [1.165, 1.54) is 32.5 Å². The van der Waals surface area contributed by atoms with Crippen LogP contribution in [-0.2, 0) is 0 Å². The Kier molecular flexibility index (Phi) is 8.58. The molecule has 0 saturated carbocycles. The van der Waals surface area contributed by atoms with Gasteiger partial charge in [-0.1, -0.05) is 37.6 Å². The maximum Gasteiger partial charge on any atom is 0.137 e. The van der Waals surface area contributed by atoms with Gasteiger partial charge in [-0.3, -0.25) is 0 Å². The van der Waals surface area contributed by atoms with Gasteiger partial charge in [0.1, 0.15) is 30.3 Å². The second-order valence-electron chi connectivity index (χ2n) is 8.49. The molecule has 6 nitrogen and oxygen atoms in total. The van der Waals surface area contributed by atoms with E-state index in [9.17, 15) is 0 Å². The van der Waals surface area contributed by atoms with E-state index in [1.54, 1.807) is 6.33 Å². The molecule has 0 radical (unpaired) electrons. The van der Waals surface area contributed by atoms with Gasteiger partial charge >= 0.3 is 0 Å². The van der Waals surface area contributed by atoms with Crippen LogP contribution in [0.3, 0.4) is 0 Å². The Balaban J connectivity index is 1.42. The van der Waals surface area contributed by atoms with E-state index in [1.807, 2.05) is 30.3 Å². The van der Waals surface area contributed by atoms with Crippen molar-refractivity contribution in [3.8, 4) is 5.75 Å². The van der Waals surface area contributed by atoms with Gasteiger partial charge in [0.15, 0.2) is 0 Å². The van der Waals surface area contributed by atoms with Crippen LogP contribution in [0.1, 0.15) is 26.7 Å². The summed E-state index contributed by atoms with van der Waals surface area (Å²) in [4.78, 5) is 13.6. The highest BCUT2D eigenvalue weighted by Gasteiger charge is 2.21. The number of anilines is 2. The van der Waals surface area contributed by atoms with Crippen molar-refractivity contribution < 1.29 is 4.74 Å². The lowest BCUT2D eigenvalue weighted by Crippen LogP contribution is -2.39. The van der Waals surface area contributed by atoms with Crippen molar-refractivity contribution in [3.05, 3.63) is 41.7 Å². The summed E-state index contributed by atoms with van der Waals surface area (Å²) < 4.78 is 5.72. The van der Waals surface area contributed by atoms with Gasteiger partial charge in [0.25, 0.3) is 0 Å². The Labute approximate surface area is 185 Å². The van der Waals surface area contributed by atoms with Crippen molar-refractivity contribution in [3.63, 3.8) is 0 Å². The first-order valence-electron chi connectivity index (χ1n) is 10.9. The van der Waals surface area contributed by atoms with Crippen LogP contribution in [0.15, 0.2) is 36.7 Å². The Hall–Kier alpha value is -2.05. The van der Waals surface area contributed by atoms with E-state index < -0.39 is 0 Å². The van der Waals surface area contributed by atoms with Crippen LogP contribution in [0, 0.1) is 11.8 Å². The van der Waals surface area contributed by atoms with Crippen LogP contribution >= 0.6 is 11.6 Å². The van der Waals surface area contributed by atoms with E-state index >= 15 is 0 Å². The van der Waals surface area contributed by atoms with E-state index in [0.717, 1.165) is 24.1 Å². The molecule has 1 N–H and O–H groups in total. The number of hydrogen-bond donors (Lipinski definition) is 1. The van der Waals surface area contributed by atoms with E-state index in [4.69, 9.17) is 16.3 Å². The Bertz CT molecular complexity index is 780. The van der Waals surface area contributed by atoms with Gasteiger partial charge < -0.3 is 19.9 Å². The number of para-hydroxylation sites is 1. The number of hydrogen-bond acceptors (Lipinski definition) is 6. The molecule has 7 heteroatoms. The summed E-state index contributed by atoms with van der Waals surface area (Å²) in [6.07, 6.45) is 4.13. The number of benzene rings is 1. The van der Waals surface area contributed by atoms with Crippen molar-refractivity contribution in [2.45, 2.75) is 26.7 Å². The molecular formula is C23H34ClN5O. The topological polar surface area (TPSA) is 53.5 Å². The molecule has 1 saturated heterocycles. The lowest BCUT2D eigenvalue weighted by atomic mass is 9.95. The smallest absolute Gasteiger partial charge is 0.137 e. The summed E-state index contributed by atoms with van der Waals surface area (Å²) in [5.74, 6) is 3.91. The van der Waals surface area contributed by atoms with Crippen LogP contribution < -0.4 is 15.0 Å². The highest BCUT2D eigenvalue weighted by Crippen LogP contribution is 2.23. The normalized spacial score (nSPS) is 15.4. The van der Waals surface area contributed by atoms with Gasteiger partial charge in [0.05, 0.1) is 11.6 Å². The minimum atomic E-state index is 0.508. The van der Waals surface area contributed by atoms with E-state index in [-0.39, 0.29) is 0 Å². The number of likely N-dealkylation sites (tertiary alicyclic amines) is 1. The highest BCUT2D eigenvalue weighted by atomic mass is 35.5. The van der Waals surface area contributed by atoms with Crippen LogP contribution in [0.25, 0.3) is 0 Å². The van der Waals surface area contributed by atoms with Gasteiger partial charge in [0, 0.05) is 26.2 Å². The molecule has 3 rings (SSSR count). The Morgan fingerprint density at radius 3 is 2.73 bits per heavy atom. The van der Waals surface area contributed by atoms with Crippen molar-refractivity contribution in [1.82, 2.24) is 14.9 Å². The third-order valence-electron chi connectivity index (χ3n) is 5.41. The third-order valence-corrected chi connectivity index (χ3v) is 5.72. The molecule has 1 aromatic carbocycles. The number of piperidine rings is 1. The minimum Gasteiger partial charge on any atom is -0.490 e. The molecular weight excluding hydrogens is 398 g/mol. The van der Waals surface area contributed by atoms with Gasteiger partial charge in [-0.25, -0.2) is 9.97 Å². The molecule has 1 aromatic heterocycles. The predicted molar refractivity (Wildman–Crippen MR) is 125 cm³/mol. The number of aromatic nitrogens is 2. The predicted octanol–water partition coefficient (Wildman–Crippen LogP) is 4.43. The summed E-state index contributed by atoms with van der Waals surface area (Å²) in [5.41, 5.74) is 0. The van der Waals surface area contributed by atoms with Crippen molar-refractivity contribution in [2.24, 2.45) is 11.8 Å². The maximum absolute atomic E-state index is 6.11. The number of nitrogens with one attached hydrogen (secondary N) is 1. The highest BCUT2D eigenvalue weighted by molar-refractivity contribution is 6.32. The molecule has 1 aliphatic rings. The molecule has 0 unspecified atom stereocenters. The van der Waals surface area contributed by atoms with E-state index in [2.05, 4.69) is 46.0 Å². The lowest BCUT2D eigenvalue weighted by molar-refractivity contribution is 0.170.